The van der Waals surface area contributed by atoms with Crippen molar-refractivity contribution < 1.29 is 13.9 Å². The van der Waals surface area contributed by atoms with Crippen LogP contribution in [0.15, 0.2) is 50.8 Å². The number of pyridine rings is 1. The van der Waals surface area contributed by atoms with Crippen LogP contribution in [-0.4, -0.2) is 64.7 Å². The van der Waals surface area contributed by atoms with Crippen LogP contribution in [0.25, 0.3) is 10.9 Å². The Labute approximate surface area is 277 Å². The van der Waals surface area contributed by atoms with Gasteiger partial charge in [-0.15, -0.1) is 0 Å². The number of esters is 1. The number of aromatic amines is 2. The van der Waals surface area contributed by atoms with Crippen molar-refractivity contribution in [3.05, 3.63) is 95.7 Å². The Hall–Kier alpha value is -4.71. The maximum absolute atomic E-state index is 15.4. The van der Waals surface area contributed by atoms with E-state index in [4.69, 9.17) is 4.74 Å². The molecule has 0 atom stereocenters. The van der Waals surface area contributed by atoms with Gasteiger partial charge in [-0.05, 0) is 87.9 Å². The minimum Gasteiger partial charge on any atom is -0.462 e. The summed E-state index contributed by atoms with van der Waals surface area (Å²) in [5.74, 6) is -0.706. The Bertz CT molecular complexity index is 1970. The van der Waals surface area contributed by atoms with Gasteiger partial charge >= 0.3 is 11.7 Å². The predicted molar refractivity (Wildman–Crippen MR) is 186 cm³/mol. The summed E-state index contributed by atoms with van der Waals surface area (Å²) in [7, 11) is 0. The second-order valence-corrected chi connectivity index (χ2v) is 12.7. The summed E-state index contributed by atoms with van der Waals surface area (Å²) in [4.78, 5) is 61.7. The number of unbranched alkanes of at least 4 members (excludes halogenated alkanes) is 1. The lowest BCUT2D eigenvalue weighted by Crippen LogP contribution is -2.47. The lowest BCUT2D eigenvalue weighted by Gasteiger charge is -2.36. The molecule has 0 spiro atoms. The minimum absolute atomic E-state index is 0.0142. The highest BCUT2D eigenvalue weighted by atomic mass is 19.1. The van der Waals surface area contributed by atoms with Crippen LogP contribution in [-0.2, 0) is 17.7 Å². The fraction of sp³-hybridized carbons (Fsp3) is 0.444. The van der Waals surface area contributed by atoms with Gasteiger partial charge in [-0.3, -0.25) is 24.0 Å². The fourth-order valence-electron chi connectivity index (χ4n) is 6.55. The van der Waals surface area contributed by atoms with E-state index in [0.29, 0.717) is 48.8 Å². The van der Waals surface area contributed by atoms with Gasteiger partial charge < -0.3 is 19.9 Å². The van der Waals surface area contributed by atoms with Gasteiger partial charge in [-0.2, -0.15) is 0 Å². The number of rotatable bonds is 12. The van der Waals surface area contributed by atoms with Crippen molar-refractivity contribution in [2.24, 2.45) is 0 Å². The van der Waals surface area contributed by atoms with Crippen LogP contribution in [0.5, 0.6) is 0 Å². The highest BCUT2D eigenvalue weighted by molar-refractivity contribution is 5.96. The number of nitrogens with one attached hydrogen (secondary N) is 3. The number of nitrogens with zero attached hydrogens (tertiary/aromatic N) is 3. The SMILES string of the molecule is CCOC(=O)c1c(C2CC2)[nH]c2cc(N3CCN(CCCCn4c(=O)cc(Nc5ccc(C)c(CC)c5)[nH]c4=O)CC3)c(F)cc2c1=O. The third-order valence-electron chi connectivity index (χ3n) is 9.41. The number of benzene rings is 2. The Morgan fingerprint density at radius 3 is 2.42 bits per heavy atom. The first kappa shape index (κ1) is 33.2. The molecule has 1 saturated heterocycles. The molecular weight excluding hydrogens is 615 g/mol. The maximum atomic E-state index is 15.4. The molecule has 1 saturated carbocycles. The number of aromatic nitrogens is 3. The van der Waals surface area contributed by atoms with Gasteiger partial charge in [0.2, 0.25) is 5.43 Å². The van der Waals surface area contributed by atoms with E-state index in [0.717, 1.165) is 51.0 Å². The second-order valence-electron chi connectivity index (χ2n) is 12.7. The highest BCUT2D eigenvalue weighted by Gasteiger charge is 2.32. The quantitative estimate of drug-likeness (QED) is 0.146. The first-order chi connectivity index (χ1) is 23.2. The van der Waals surface area contributed by atoms with Crippen LogP contribution in [0.3, 0.4) is 0 Å². The number of aryl methyl sites for hydroxylation is 2. The molecule has 2 aliphatic rings. The number of anilines is 3. The molecule has 1 aliphatic carbocycles. The van der Waals surface area contributed by atoms with Gasteiger partial charge in [0.15, 0.2) is 0 Å². The van der Waals surface area contributed by atoms with Gasteiger partial charge in [0.25, 0.3) is 5.56 Å². The Kier molecular flexibility index (Phi) is 9.81. The molecule has 48 heavy (non-hydrogen) atoms. The number of halogens is 1. The van der Waals surface area contributed by atoms with Crippen molar-refractivity contribution in [3.8, 4) is 0 Å². The number of hydrogen-bond acceptors (Lipinski definition) is 8. The molecule has 2 fully saturated rings. The number of carbonyl (C=O) groups is 1. The number of piperazine rings is 1. The van der Waals surface area contributed by atoms with Crippen LogP contribution in [0.1, 0.15) is 72.6 Å². The van der Waals surface area contributed by atoms with Crippen LogP contribution in [0.2, 0.25) is 0 Å². The molecule has 0 radical (unpaired) electrons. The zero-order chi connectivity index (χ0) is 33.9. The lowest BCUT2D eigenvalue weighted by molar-refractivity contribution is 0.0523. The molecule has 2 aromatic carbocycles. The average molecular weight is 659 g/mol. The number of hydrogen-bond donors (Lipinski definition) is 3. The summed E-state index contributed by atoms with van der Waals surface area (Å²) in [5.41, 5.74) is 3.43. The molecule has 12 heteroatoms. The summed E-state index contributed by atoms with van der Waals surface area (Å²) in [6.45, 7) is 9.76. The molecule has 2 aromatic heterocycles. The third-order valence-corrected chi connectivity index (χ3v) is 9.41. The number of carbonyl (C=O) groups excluding carboxylic acids is 1. The Morgan fingerprint density at radius 1 is 0.979 bits per heavy atom. The standard InChI is InChI=1S/C36H43FN6O5/c1-4-23-18-25(11-8-22(23)3)38-30-21-31(44)43(36(47)40-30)13-7-6-12-41-14-16-42(17-15-41)29-20-28-26(19-27(29)37)34(45)32(35(46)48-5-2)33(39-28)24-9-10-24/h8,11,18-21,24,38H,4-7,9-10,12-17H2,1-3H3,(H,39,45)(H,40,47). The minimum atomic E-state index is -0.670. The van der Waals surface area contributed by atoms with E-state index in [1.807, 2.05) is 23.1 Å². The second kappa shape index (κ2) is 14.2. The first-order valence-corrected chi connectivity index (χ1v) is 16.9. The zero-order valence-electron chi connectivity index (χ0n) is 27.8. The maximum Gasteiger partial charge on any atom is 0.343 e. The zero-order valence-corrected chi connectivity index (χ0v) is 27.8. The molecule has 6 rings (SSSR count). The molecule has 254 valence electrons. The molecule has 3 N–H and O–H groups in total. The molecule has 0 amide bonds. The van der Waals surface area contributed by atoms with Gasteiger partial charge in [-0.1, -0.05) is 13.0 Å². The highest BCUT2D eigenvalue weighted by Crippen LogP contribution is 2.41. The van der Waals surface area contributed by atoms with Crippen LogP contribution in [0.4, 0.5) is 21.6 Å². The monoisotopic (exact) mass is 658 g/mol. The lowest BCUT2D eigenvalue weighted by atomic mass is 10.0. The fourth-order valence-corrected chi connectivity index (χ4v) is 6.55. The molecular formula is C36H43FN6O5. The van der Waals surface area contributed by atoms with Crippen molar-refractivity contribution in [1.29, 1.82) is 0 Å². The van der Waals surface area contributed by atoms with E-state index in [-0.39, 0.29) is 29.0 Å². The van der Waals surface area contributed by atoms with Gasteiger partial charge in [-0.25, -0.2) is 14.0 Å². The van der Waals surface area contributed by atoms with Gasteiger partial charge in [0.1, 0.15) is 17.2 Å². The van der Waals surface area contributed by atoms with Crippen LogP contribution < -0.4 is 26.9 Å². The van der Waals surface area contributed by atoms with Crippen molar-refractivity contribution in [2.45, 2.75) is 65.3 Å². The summed E-state index contributed by atoms with van der Waals surface area (Å²) in [5, 5.41) is 3.28. The van der Waals surface area contributed by atoms with Crippen LogP contribution >= 0.6 is 0 Å². The summed E-state index contributed by atoms with van der Waals surface area (Å²) >= 11 is 0. The molecule has 11 nitrogen and oxygen atoms in total. The van der Waals surface area contributed by atoms with E-state index in [1.54, 1.807) is 13.0 Å². The smallest absolute Gasteiger partial charge is 0.343 e. The number of H-pyrrole nitrogens is 2. The number of fused-ring (bicyclic) bond motifs is 1. The predicted octanol–water partition coefficient (Wildman–Crippen LogP) is 4.79. The molecule has 4 aromatic rings. The average Bonchev–Trinajstić information content (AvgIpc) is 3.91. The normalized spacial score (nSPS) is 15.2. The van der Waals surface area contributed by atoms with Crippen molar-refractivity contribution in [3.63, 3.8) is 0 Å². The van der Waals surface area contributed by atoms with E-state index in [1.165, 1.54) is 27.8 Å². The third kappa shape index (κ3) is 7.08. The summed E-state index contributed by atoms with van der Waals surface area (Å²) in [6, 6.07) is 10.3. The Balaban J connectivity index is 1.03. The Morgan fingerprint density at radius 2 is 1.73 bits per heavy atom. The van der Waals surface area contributed by atoms with E-state index < -0.39 is 22.9 Å². The van der Waals surface area contributed by atoms with E-state index >= 15 is 4.39 Å². The summed E-state index contributed by atoms with van der Waals surface area (Å²) in [6.07, 6.45) is 4.12. The van der Waals surface area contributed by atoms with Crippen molar-refractivity contribution >= 4 is 34.1 Å². The van der Waals surface area contributed by atoms with E-state index in [2.05, 4.69) is 34.0 Å². The van der Waals surface area contributed by atoms with Crippen molar-refractivity contribution in [2.75, 3.05) is 49.5 Å². The molecule has 0 unspecified atom stereocenters. The first-order valence-electron chi connectivity index (χ1n) is 16.9. The van der Waals surface area contributed by atoms with Crippen LogP contribution in [0, 0.1) is 12.7 Å². The van der Waals surface area contributed by atoms with Gasteiger partial charge in [0, 0.05) is 61.5 Å². The molecule has 1 aliphatic heterocycles. The number of ether oxygens (including phenoxy) is 1. The van der Waals surface area contributed by atoms with E-state index in [9.17, 15) is 19.2 Å². The molecule has 3 heterocycles. The van der Waals surface area contributed by atoms with Gasteiger partial charge in [0.05, 0.1) is 17.8 Å². The largest absolute Gasteiger partial charge is 0.462 e. The molecule has 0 bridgehead atoms. The topological polar surface area (TPSA) is 133 Å². The summed E-state index contributed by atoms with van der Waals surface area (Å²) < 4.78 is 21.8. The van der Waals surface area contributed by atoms with Crippen molar-refractivity contribution in [1.82, 2.24) is 19.4 Å².